The highest BCUT2D eigenvalue weighted by Crippen LogP contribution is 2.31. The highest BCUT2D eigenvalue weighted by molar-refractivity contribution is 9.10. The molecule has 3 aromatic carbocycles. The predicted molar refractivity (Wildman–Crippen MR) is 119 cm³/mol. The van der Waals surface area contributed by atoms with E-state index in [2.05, 4.69) is 26.2 Å². The Hall–Kier alpha value is -3.32. The van der Waals surface area contributed by atoms with Gasteiger partial charge in [0.05, 0.1) is 4.47 Å². The van der Waals surface area contributed by atoms with E-state index >= 15 is 0 Å². The maximum Gasteiger partial charge on any atom is 0.262 e. The van der Waals surface area contributed by atoms with Gasteiger partial charge in [-0.05, 0) is 89.4 Å². The molecule has 4 rings (SSSR count). The number of carbonyl (C=O) groups excluding carboxylic acids is 1. The number of benzene rings is 3. The van der Waals surface area contributed by atoms with E-state index in [0.717, 1.165) is 16.7 Å². The van der Waals surface area contributed by atoms with Gasteiger partial charge in [0.2, 0.25) is 5.89 Å². The number of fused-ring (bicyclic) bond motifs is 1. The van der Waals surface area contributed by atoms with Gasteiger partial charge >= 0.3 is 0 Å². The number of hydrogen-bond donors (Lipinski definition) is 2. The second kappa shape index (κ2) is 8.20. The zero-order valence-electron chi connectivity index (χ0n) is 16.4. The molecule has 152 valence electrons. The molecule has 0 fully saturated rings. The molecular weight excluding hydrogens is 448 g/mol. The van der Waals surface area contributed by atoms with E-state index in [-0.39, 0.29) is 18.3 Å². The molecule has 6 nitrogen and oxygen atoms in total. The minimum atomic E-state index is -0.264. The van der Waals surface area contributed by atoms with Gasteiger partial charge in [-0.3, -0.25) is 4.79 Å². The largest absolute Gasteiger partial charge is 0.507 e. The monoisotopic (exact) mass is 466 g/mol. The Bertz CT molecular complexity index is 1230. The third-order valence-electron chi connectivity index (χ3n) is 4.43. The lowest BCUT2D eigenvalue weighted by molar-refractivity contribution is -0.118. The van der Waals surface area contributed by atoms with Crippen LogP contribution in [0.15, 0.2) is 63.5 Å². The van der Waals surface area contributed by atoms with Crippen LogP contribution < -0.4 is 10.1 Å². The number of hydrogen-bond acceptors (Lipinski definition) is 5. The van der Waals surface area contributed by atoms with E-state index in [0.29, 0.717) is 32.9 Å². The fourth-order valence-corrected chi connectivity index (χ4v) is 3.51. The number of aromatic hydroxyl groups is 1. The van der Waals surface area contributed by atoms with Gasteiger partial charge in [0.25, 0.3) is 5.91 Å². The SMILES string of the molecule is Cc1cc(C)cc(OCC(=O)Nc2ccc3oc(-c4ccc(O)c(Br)c4)nc3c2)c1. The van der Waals surface area contributed by atoms with Crippen LogP contribution in [0.3, 0.4) is 0 Å². The van der Waals surface area contributed by atoms with Crippen LogP contribution in [0.5, 0.6) is 11.5 Å². The summed E-state index contributed by atoms with van der Waals surface area (Å²) in [4.78, 5) is 16.8. The van der Waals surface area contributed by atoms with Gasteiger partial charge in [-0.25, -0.2) is 4.98 Å². The zero-order chi connectivity index (χ0) is 21.3. The average Bonchev–Trinajstić information content (AvgIpc) is 3.11. The van der Waals surface area contributed by atoms with E-state index in [1.807, 2.05) is 32.0 Å². The summed E-state index contributed by atoms with van der Waals surface area (Å²) < 4.78 is 11.9. The van der Waals surface area contributed by atoms with Gasteiger partial charge in [0, 0.05) is 11.3 Å². The molecule has 0 bridgehead atoms. The quantitative estimate of drug-likeness (QED) is 0.399. The Morgan fingerprint density at radius 1 is 1.10 bits per heavy atom. The third-order valence-corrected chi connectivity index (χ3v) is 5.07. The number of amides is 1. The number of phenols is 1. The van der Waals surface area contributed by atoms with Gasteiger partial charge in [0.15, 0.2) is 12.2 Å². The molecule has 7 heteroatoms. The summed E-state index contributed by atoms with van der Waals surface area (Å²) in [6.45, 7) is 3.88. The second-order valence-electron chi connectivity index (χ2n) is 7.03. The predicted octanol–water partition coefficient (Wildman–Crippen LogP) is 5.60. The summed E-state index contributed by atoms with van der Waals surface area (Å²) in [7, 11) is 0. The highest BCUT2D eigenvalue weighted by Gasteiger charge is 2.12. The lowest BCUT2D eigenvalue weighted by Crippen LogP contribution is -2.20. The van der Waals surface area contributed by atoms with E-state index in [9.17, 15) is 9.90 Å². The van der Waals surface area contributed by atoms with Crippen LogP contribution in [0.25, 0.3) is 22.6 Å². The molecule has 0 radical (unpaired) electrons. The number of nitrogens with one attached hydrogen (secondary N) is 1. The minimum Gasteiger partial charge on any atom is -0.507 e. The van der Waals surface area contributed by atoms with Crippen molar-refractivity contribution in [2.45, 2.75) is 13.8 Å². The molecule has 0 atom stereocenters. The second-order valence-corrected chi connectivity index (χ2v) is 7.88. The Labute approximate surface area is 181 Å². The summed E-state index contributed by atoms with van der Waals surface area (Å²) in [5.41, 5.74) is 4.70. The summed E-state index contributed by atoms with van der Waals surface area (Å²) in [5.74, 6) is 0.967. The van der Waals surface area contributed by atoms with Gasteiger partial charge in [-0.1, -0.05) is 6.07 Å². The molecule has 0 aliphatic carbocycles. The summed E-state index contributed by atoms with van der Waals surface area (Å²) >= 11 is 3.29. The van der Waals surface area contributed by atoms with Gasteiger partial charge in [-0.2, -0.15) is 0 Å². The van der Waals surface area contributed by atoms with Crippen molar-refractivity contribution in [3.8, 4) is 23.0 Å². The van der Waals surface area contributed by atoms with Crippen molar-refractivity contribution in [1.82, 2.24) is 4.98 Å². The molecule has 4 aromatic rings. The molecule has 0 saturated heterocycles. The molecule has 0 saturated carbocycles. The fraction of sp³-hybridized carbons (Fsp3) is 0.130. The maximum atomic E-state index is 12.3. The van der Waals surface area contributed by atoms with E-state index in [1.54, 1.807) is 36.4 Å². The number of carbonyl (C=O) groups is 1. The molecule has 0 aliphatic rings. The molecule has 1 amide bonds. The van der Waals surface area contributed by atoms with Crippen molar-refractivity contribution in [3.05, 3.63) is 70.2 Å². The Morgan fingerprint density at radius 2 is 1.87 bits per heavy atom. The van der Waals surface area contributed by atoms with Crippen LogP contribution in [-0.4, -0.2) is 22.6 Å². The first-order valence-corrected chi connectivity index (χ1v) is 10.1. The first kappa shape index (κ1) is 20.0. The smallest absolute Gasteiger partial charge is 0.262 e. The Kier molecular flexibility index (Phi) is 5.46. The molecule has 2 N–H and O–H groups in total. The van der Waals surface area contributed by atoms with Gasteiger partial charge in [-0.15, -0.1) is 0 Å². The first-order valence-electron chi connectivity index (χ1n) is 9.28. The van der Waals surface area contributed by atoms with E-state index < -0.39 is 0 Å². The van der Waals surface area contributed by atoms with Gasteiger partial charge in [0.1, 0.15) is 17.0 Å². The summed E-state index contributed by atoms with van der Waals surface area (Å²) in [6, 6.07) is 16.1. The first-order chi connectivity index (χ1) is 14.4. The van der Waals surface area contributed by atoms with Crippen molar-refractivity contribution in [2.24, 2.45) is 0 Å². The molecule has 1 aromatic heterocycles. The van der Waals surface area contributed by atoms with Crippen molar-refractivity contribution >= 4 is 38.6 Å². The van der Waals surface area contributed by atoms with Crippen LogP contribution >= 0.6 is 15.9 Å². The van der Waals surface area contributed by atoms with Crippen LogP contribution in [0.4, 0.5) is 5.69 Å². The molecule has 30 heavy (non-hydrogen) atoms. The van der Waals surface area contributed by atoms with Crippen molar-refractivity contribution in [1.29, 1.82) is 0 Å². The molecule has 0 aliphatic heterocycles. The van der Waals surface area contributed by atoms with E-state index in [4.69, 9.17) is 9.15 Å². The molecular formula is C23H19BrN2O4. The summed E-state index contributed by atoms with van der Waals surface area (Å²) in [6.07, 6.45) is 0. The van der Waals surface area contributed by atoms with Gasteiger partial charge < -0.3 is 19.6 Å². The number of phenolic OH excluding ortho intramolecular Hbond substituents is 1. The van der Waals surface area contributed by atoms with E-state index in [1.165, 1.54) is 0 Å². The lowest BCUT2D eigenvalue weighted by Gasteiger charge is -2.09. The maximum absolute atomic E-state index is 12.3. The number of aromatic nitrogens is 1. The van der Waals surface area contributed by atoms with Crippen LogP contribution in [0.1, 0.15) is 11.1 Å². The molecule has 0 spiro atoms. The number of anilines is 1. The highest BCUT2D eigenvalue weighted by atomic mass is 79.9. The summed E-state index contributed by atoms with van der Waals surface area (Å²) in [5, 5.41) is 12.5. The standard InChI is InChI=1S/C23H19BrN2O4/c1-13-7-14(2)9-17(8-13)29-12-22(28)25-16-4-6-21-19(11-16)26-23(30-21)15-3-5-20(27)18(24)10-15/h3-11,27H,12H2,1-2H3,(H,25,28). The van der Waals surface area contributed by atoms with Crippen LogP contribution in [0, 0.1) is 13.8 Å². The normalized spacial score (nSPS) is 10.9. The lowest BCUT2D eigenvalue weighted by atomic mass is 10.1. The van der Waals surface area contributed by atoms with Crippen molar-refractivity contribution < 1.29 is 19.1 Å². The van der Waals surface area contributed by atoms with Crippen LogP contribution in [-0.2, 0) is 4.79 Å². The topological polar surface area (TPSA) is 84.6 Å². The Morgan fingerprint density at radius 3 is 2.60 bits per heavy atom. The van der Waals surface area contributed by atoms with Crippen molar-refractivity contribution in [3.63, 3.8) is 0 Å². The fourth-order valence-electron chi connectivity index (χ4n) is 3.13. The van der Waals surface area contributed by atoms with Crippen molar-refractivity contribution in [2.75, 3.05) is 11.9 Å². The van der Waals surface area contributed by atoms with Crippen LogP contribution in [0.2, 0.25) is 0 Å². The number of nitrogens with zero attached hydrogens (tertiary/aromatic N) is 1. The molecule has 0 unspecified atom stereocenters. The molecule has 1 heterocycles. The number of halogens is 1. The number of rotatable bonds is 5. The third kappa shape index (κ3) is 4.46. The average molecular weight is 467 g/mol. The number of oxazole rings is 1. The number of ether oxygens (including phenoxy) is 1. The number of aryl methyl sites for hydroxylation is 2. The zero-order valence-corrected chi connectivity index (χ0v) is 18.0. The minimum absolute atomic E-state index is 0.0907. The Balaban J connectivity index is 1.46.